The summed E-state index contributed by atoms with van der Waals surface area (Å²) in [7, 11) is 0. The van der Waals surface area contributed by atoms with E-state index in [1.165, 1.54) is 0 Å². The fourth-order valence-corrected chi connectivity index (χ4v) is 4.00. The molecular weight excluding hydrogens is 228 g/mol. The predicted molar refractivity (Wildman–Crippen MR) is 71.2 cm³/mol. The molecule has 2 saturated carbocycles. The Kier molecular flexibility index (Phi) is 3.37. The monoisotopic (exact) mass is 254 g/mol. The molecule has 0 unspecified atom stereocenters. The van der Waals surface area contributed by atoms with Crippen LogP contribution in [0.25, 0.3) is 0 Å². The van der Waals surface area contributed by atoms with Crippen LogP contribution >= 0.6 is 0 Å². The zero-order valence-electron chi connectivity index (χ0n) is 11.8. The lowest BCUT2D eigenvalue weighted by molar-refractivity contribution is -0.358. The molecule has 3 heteroatoms. The quantitative estimate of drug-likeness (QED) is 0.450. The molecule has 18 heavy (non-hydrogen) atoms. The van der Waals surface area contributed by atoms with Gasteiger partial charge in [-0.1, -0.05) is 13.5 Å². The Bertz CT molecular complexity index is 344. The molecule has 0 aromatic rings. The standard InChI is InChI=1S/C15H26O3/c1-11-6-5-8-14(4)9-7-12(13(2,3)16)10-15(11,14)18-17/h12,16-17H,1,5-10H2,2-4H3/t12-,14+,15-/m1/s1. The number of rotatable bonds is 2. The average Bonchev–Trinajstić information content (AvgIpc) is 2.27. The van der Waals surface area contributed by atoms with Gasteiger partial charge in [-0.3, -0.25) is 5.26 Å². The molecule has 2 fully saturated rings. The highest BCUT2D eigenvalue weighted by Gasteiger charge is 2.58. The van der Waals surface area contributed by atoms with Gasteiger partial charge in [-0.05, 0) is 63.9 Å². The van der Waals surface area contributed by atoms with E-state index in [-0.39, 0.29) is 11.3 Å². The Morgan fingerprint density at radius 2 is 2.06 bits per heavy atom. The molecule has 2 rings (SSSR count). The fraction of sp³-hybridized carbons (Fsp3) is 0.867. The molecule has 3 atom stereocenters. The second-order valence-electron chi connectivity index (χ2n) is 7.03. The van der Waals surface area contributed by atoms with Gasteiger partial charge < -0.3 is 5.11 Å². The van der Waals surface area contributed by atoms with E-state index in [4.69, 9.17) is 4.89 Å². The van der Waals surface area contributed by atoms with Crippen LogP contribution in [-0.2, 0) is 4.89 Å². The first kappa shape index (κ1) is 14.0. The third-order valence-electron chi connectivity index (χ3n) is 5.49. The molecular formula is C15H26O3. The van der Waals surface area contributed by atoms with E-state index < -0.39 is 11.2 Å². The number of fused-ring (bicyclic) bond motifs is 1. The third-order valence-corrected chi connectivity index (χ3v) is 5.49. The lowest BCUT2D eigenvalue weighted by Gasteiger charge is -2.56. The van der Waals surface area contributed by atoms with E-state index in [9.17, 15) is 10.4 Å². The Hall–Kier alpha value is -0.380. The number of hydrogen-bond acceptors (Lipinski definition) is 3. The van der Waals surface area contributed by atoms with Crippen LogP contribution in [0.5, 0.6) is 0 Å². The first-order valence-corrected chi connectivity index (χ1v) is 6.98. The van der Waals surface area contributed by atoms with Crippen molar-refractivity contribution in [3.8, 4) is 0 Å². The van der Waals surface area contributed by atoms with Crippen molar-refractivity contribution in [3.05, 3.63) is 12.2 Å². The smallest absolute Gasteiger partial charge is 0.130 e. The summed E-state index contributed by atoms with van der Waals surface area (Å²) >= 11 is 0. The molecule has 0 aromatic carbocycles. The summed E-state index contributed by atoms with van der Waals surface area (Å²) in [4.78, 5) is 5.01. The summed E-state index contributed by atoms with van der Waals surface area (Å²) in [6.07, 6.45) is 5.72. The second-order valence-corrected chi connectivity index (χ2v) is 7.03. The van der Waals surface area contributed by atoms with E-state index in [2.05, 4.69) is 13.5 Å². The van der Waals surface area contributed by atoms with Crippen molar-refractivity contribution in [2.45, 2.75) is 70.5 Å². The van der Waals surface area contributed by atoms with Crippen LogP contribution in [0, 0.1) is 11.3 Å². The summed E-state index contributed by atoms with van der Waals surface area (Å²) in [6.45, 7) is 10.0. The number of hydrogen-bond donors (Lipinski definition) is 2. The molecule has 104 valence electrons. The van der Waals surface area contributed by atoms with Crippen LogP contribution in [0.4, 0.5) is 0 Å². The van der Waals surface area contributed by atoms with Gasteiger partial charge in [-0.2, -0.15) is 0 Å². The Morgan fingerprint density at radius 3 is 2.61 bits per heavy atom. The van der Waals surface area contributed by atoms with Crippen LogP contribution in [-0.4, -0.2) is 21.6 Å². The van der Waals surface area contributed by atoms with Crippen molar-refractivity contribution in [1.82, 2.24) is 0 Å². The van der Waals surface area contributed by atoms with E-state index in [1.807, 2.05) is 13.8 Å². The molecule has 0 radical (unpaired) electrons. The number of aliphatic hydroxyl groups is 1. The molecule has 0 heterocycles. The van der Waals surface area contributed by atoms with Gasteiger partial charge in [0.1, 0.15) is 5.60 Å². The maximum absolute atomic E-state index is 10.2. The predicted octanol–water partition coefficient (Wildman–Crippen LogP) is 3.53. The van der Waals surface area contributed by atoms with Crippen LogP contribution in [0.15, 0.2) is 12.2 Å². The average molecular weight is 254 g/mol. The second kappa shape index (κ2) is 4.32. The highest BCUT2D eigenvalue weighted by Crippen LogP contribution is 2.58. The topological polar surface area (TPSA) is 49.7 Å². The SMILES string of the molecule is C=C1CCC[C@@]2(C)CC[C@@H](C(C)(C)O)C[C@@]12OO. The van der Waals surface area contributed by atoms with Crippen molar-refractivity contribution in [3.63, 3.8) is 0 Å². The van der Waals surface area contributed by atoms with Crippen LogP contribution in [0.2, 0.25) is 0 Å². The summed E-state index contributed by atoms with van der Waals surface area (Å²) < 4.78 is 0. The molecule has 0 amide bonds. The molecule has 0 aliphatic heterocycles. The lowest BCUT2D eigenvalue weighted by Crippen LogP contribution is -2.57. The third kappa shape index (κ3) is 1.93. The Balaban J connectivity index is 2.34. The van der Waals surface area contributed by atoms with Gasteiger partial charge in [0.15, 0.2) is 0 Å². The van der Waals surface area contributed by atoms with E-state index in [0.29, 0.717) is 6.42 Å². The summed E-state index contributed by atoms with van der Waals surface area (Å²) in [6, 6.07) is 0. The van der Waals surface area contributed by atoms with Gasteiger partial charge in [0, 0.05) is 5.41 Å². The van der Waals surface area contributed by atoms with Crippen molar-refractivity contribution < 1.29 is 15.3 Å². The minimum absolute atomic E-state index is 0.0428. The van der Waals surface area contributed by atoms with Crippen LogP contribution in [0.3, 0.4) is 0 Å². The lowest BCUT2D eigenvalue weighted by atomic mass is 9.52. The van der Waals surface area contributed by atoms with Gasteiger partial charge in [0.25, 0.3) is 0 Å². The zero-order valence-corrected chi connectivity index (χ0v) is 11.8. The molecule has 2 aliphatic rings. The van der Waals surface area contributed by atoms with Gasteiger partial charge in [0.2, 0.25) is 0 Å². The van der Waals surface area contributed by atoms with Gasteiger partial charge in [-0.25, -0.2) is 4.89 Å². The van der Waals surface area contributed by atoms with Gasteiger partial charge in [-0.15, -0.1) is 0 Å². The summed E-state index contributed by atoms with van der Waals surface area (Å²) in [5.41, 5.74) is -0.440. The van der Waals surface area contributed by atoms with Crippen molar-refractivity contribution >= 4 is 0 Å². The Morgan fingerprint density at radius 1 is 1.39 bits per heavy atom. The normalized spacial score (nSPS) is 41.6. The van der Waals surface area contributed by atoms with Crippen molar-refractivity contribution in [2.24, 2.45) is 11.3 Å². The van der Waals surface area contributed by atoms with E-state index >= 15 is 0 Å². The highest BCUT2D eigenvalue weighted by atomic mass is 17.1. The van der Waals surface area contributed by atoms with Crippen LogP contribution in [0.1, 0.15) is 59.3 Å². The largest absolute Gasteiger partial charge is 0.390 e. The summed E-state index contributed by atoms with van der Waals surface area (Å²) in [5, 5.41) is 19.8. The van der Waals surface area contributed by atoms with E-state index in [1.54, 1.807) is 0 Å². The minimum Gasteiger partial charge on any atom is -0.390 e. The van der Waals surface area contributed by atoms with Crippen molar-refractivity contribution in [1.29, 1.82) is 0 Å². The summed E-state index contributed by atoms with van der Waals surface area (Å²) in [5.74, 6) is 0.146. The fourth-order valence-electron chi connectivity index (χ4n) is 4.00. The maximum Gasteiger partial charge on any atom is 0.130 e. The molecule has 0 aromatic heterocycles. The van der Waals surface area contributed by atoms with Crippen molar-refractivity contribution in [2.75, 3.05) is 0 Å². The molecule has 0 saturated heterocycles. The molecule has 0 spiro atoms. The van der Waals surface area contributed by atoms with Gasteiger partial charge in [0.05, 0.1) is 5.60 Å². The molecule has 3 nitrogen and oxygen atoms in total. The zero-order chi connectivity index (χ0) is 13.6. The van der Waals surface area contributed by atoms with E-state index in [0.717, 1.165) is 37.7 Å². The highest BCUT2D eigenvalue weighted by molar-refractivity contribution is 5.24. The first-order chi connectivity index (χ1) is 8.25. The van der Waals surface area contributed by atoms with Gasteiger partial charge >= 0.3 is 0 Å². The molecule has 0 bridgehead atoms. The first-order valence-electron chi connectivity index (χ1n) is 6.98. The molecule has 2 aliphatic carbocycles. The van der Waals surface area contributed by atoms with Crippen LogP contribution < -0.4 is 0 Å². The maximum atomic E-state index is 10.2. The molecule has 2 N–H and O–H groups in total. The Labute approximate surface area is 110 Å². The minimum atomic E-state index is -0.732.